The SMILES string of the molecule is C[C@](OS(=O)(=O)O)(c1cccnc1)[C@@](C)(OS(=O)(=O)O)c1cccnc1. The molecule has 0 spiro atoms. The molecule has 2 aromatic heterocycles. The number of hydrogen-bond acceptors (Lipinski definition) is 8. The van der Waals surface area contributed by atoms with Crippen molar-refractivity contribution in [3.63, 3.8) is 0 Å². The minimum atomic E-state index is -5.08. The molecule has 0 aliphatic rings. The summed E-state index contributed by atoms with van der Waals surface area (Å²) in [5.41, 5.74) is -4.22. The van der Waals surface area contributed by atoms with E-state index in [1.807, 2.05) is 0 Å². The Morgan fingerprint density at radius 1 is 0.808 bits per heavy atom. The van der Waals surface area contributed by atoms with Gasteiger partial charge in [0.1, 0.15) is 11.2 Å². The lowest BCUT2D eigenvalue weighted by atomic mass is 9.77. The van der Waals surface area contributed by atoms with E-state index < -0.39 is 32.0 Å². The number of hydrogen-bond donors (Lipinski definition) is 2. The van der Waals surface area contributed by atoms with Crippen molar-refractivity contribution in [2.45, 2.75) is 25.0 Å². The van der Waals surface area contributed by atoms with Crippen LogP contribution >= 0.6 is 0 Å². The van der Waals surface area contributed by atoms with Gasteiger partial charge in [-0.3, -0.25) is 19.1 Å². The van der Waals surface area contributed by atoms with Crippen LogP contribution in [0, 0.1) is 0 Å². The van der Waals surface area contributed by atoms with Crippen molar-refractivity contribution >= 4 is 20.8 Å². The van der Waals surface area contributed by atoms with Gasteiger partial charge in [-0.25, -0.2) is 8.37 Å². The van der Waals surface area contributed by atoms with Crippen LogP contribution < -0.4 is 0 Å². The molecule has 142 valence electrons. The summed E-state index contributed by atoms with van der Waals surface area (Å²) >= 11 is 0. The highest BCUT2D eigenvalue weighted by atomic mass is 32.3. The Labute approximate surface area is 150 Å². The molecular weight excluding hydrogens is 388 g/mol. The zero-order valence-corrected chi connectivity index (χ0v) is 15.3. The molecule has 0 saturated heterocycles. The summed E-state index contributed by atoms with van der Waals surface area (Å²) in [4.78, 5) is 7.69. The van der Waals surface area contributed by atoms with Crippen LogP contribution in [0.1, 0.15) is 25.0 Å². The second-order valence-electron chi connectivity index (χ2n) is 5.57. The Balaban J connectivity index is 2.82. The zero-order valence-electron chi connectivity index (χ0n) is 13.7. The van der Waals surface area contributed by atoms with Crippen molar-refractivity contribution in [3.8, 4) is 0 Å². The van der Waals surface area contributed by atoms with Gasteiger partial charge in [0.25, 0.3) is 0 Å². The average molecular weight is 404 g/mol. The van der Waals surface area contributed by atoms with Crippen molar-refractivity contribution in [1.82, 2.24) is 9.97 Å². The van der Waals surface area contributed by atoms with E-state index in [2.05, 4.69) is 9.97 Å². The van der Waals surface area contributed by atoms with Crippen LogP contribution in [0.25, 0.3) is 0 Å². The largest absolute Gasteiger partial charge is 0.398 e. The van der Waals surface area contributed by atoms with E-state index >= 15 is 0 Å². The predicted octanol–water partition coefficient (Wildman–Crippen LogP) is 1.25. The summed E-state index contributed by atoms with van der Waals surface area (Å²) in [6.45, 7) is 2.33. The molecule has 0 saturated carbocycles. The van der Waals surface area contributed by atoms with Crippen LogP contribution in [-0.2, 0) is 40.4 Å². The lowest BCUT2D eigenvalue weighted by Crippen LogP contribution is -2.51. The highest BCUT2D eigenvalue weighted by Crippen LogP contribution is 2.47. The molecule has 0 aliphatic carbocycles. The molecule has 2 heterocycles. The van der Waals surface area contributed by atoms with Crippen molar-refractivity contribution in [1.29, 1.82) is 0 Å². The molecule has 0 unspecified atom stereocenters. The summed E-state index contributed by atoms with van der Waals surface area (Å²) in [6.07, 6.45) is 5.19. The minimum absolute atomic E-state index is 0.0487. The van der Waals surface area contributed by atoms with Gasteiger partial charge in [0.2, 0.25) is 0 Å². The minimum Gasteiger partial charge on any atom is -0.264 e. The molecule has 12 heteroatoms. The number of pyridine rings is 2. The van der Waals surface area contributed by atoms with Gasteiger partial charge >= 0.3 is 20.8 Å². The molecule has 26 heavy (non-hydrogen) atoms. The zero-order chi connectivity index (χ0) is 19.6. The maximum Gasteiger partial charge on any atom is 0.398 e. The molecule has 0 fully saturated rings. The Bertz CT molecular complexity index is 885. The van der Waals surface area contributed by atoms with Crippen LogP contribution in [0.4, 0.5) is 0 Å². The Morgan fingerprint density at radius 3 is 1.38 bits per heavy atom. The van der Waals surface area contributed by atoms with Crippen molar-refractivity contribution in [2.24, 2.45) is 0 Å². The molecule has 2 aromatic rings. The van der Waals surface area contributed by atoms with Gasteiger partial charge in [-0.1, -0.05) is 12.1 Å². The lowest BCUT2D eigenvalue weighted by molar-refractivity contribution is -0.110. The molecule has 2 rings (SSSR count). The molecule has 10 nitrogen and oxygen atoms in total. The summed E-state index contributed by atoms with van der Waals surface area (Å²) in [5.74, 6) is 0. The summed E-state index contributed by atoms with van der Waals surface area (Å²) in [7, 11) is -10.2. The van der Waals surface area contributed by atoms with E-state index in [9.17, 15) is 25.9 Å². The van der Waals surface area contributed by atoms with E-state index in [1.54, 1.807) is 0 Å². The maximum atomic E-state index is 11.5. The molecule has 0 bridgehead atoms. The van der Waals surface area contributed by atoms with Gasteiger partial charge in [-0.15, -0.1) is 0 Å². The number of rotatable bonds is 7. The topological polar surface area (TPSA) is 153 Å². The monoisotopic (exact) mass is 404 g/mol. The average Bonchev–Trinajstić information content (AvgIpc) is 2.53. The van der Waals surface area contributed by atoms with Gasteiger partial charge < -0.3 is 0 Å². The first kappa shape index (κ1) is 20.4. The van der Waals surface area contributed by atoms with Gasteiger partial charge in [0, 0.05) is 35.9 Å². The number of nitrogens with zero attached hydrogens (tertiary/aromatic N) is 2. The Kier molecular flexibility index (Phi) is 5.46. The van der Waals surface area contributed by atoms with E-state index in [0.29, 0.717) is 0 Å². The number of aromatic nitrogens is 2. The fraction of sp³-hybridized carbons (Fsp3) is 0.286. The standard InChI is InChI=1S/C14H16N2O8S2/c1-13(23-25(17,18)19,11-5-3-7-15-9-11)14(2,24-26(20,21)22)12-6-4-8-16-10-12/h3-10H,1-2H3,(H,17,18,19)(H,20,21,22)/t13-,14-/m0/s1. The second-order valence-corrected chi connectivity index (χ2v) is 7.62. The Morgan fingerprint density at radius 2 is 1.15 bits per heavy atom. The molecule has 0 aliphatic heterocycles. The van der Waals surface area contributed by atoms with Gasteiger partial charge in [-0.05, 0) is 26.0 Å². The third-order valence-corrected chi connectivity index (χ3v) is 4.97. The summed E-state index contributed by atoms with van der Waals surface area (Å²) < 4.78 is 74.2. The predicted molar refractivity (Wildman–Crippen MR) is 88.4 cm³/mol. The van der Waals surface area contributed by atoms with Crippen LogP contribution in [0.3, 0.4) is 0 Å². The van der Waals surface area contributed by atoms with Crippen LogP contribution in [0.2, 0.25) is 0 Å². The molecule has 2 N–H and O–H groups in total. The van der Waals surface area contributed by atoms with Gasteiger partial charge in [0.15, 0.2) is 0 Å². The van der Waals surface area contributed by atoms with Gasteiger partial charge in [0.05, 0.1) is 0 Å². The van der Waals surface area contributed by atoms with Crippen molar-refractivity contribution in [3.05, 3.63) is 60.2 Å². The molecule has 0 amide bonds. The van der Waals surface area contributed by atoms with E-state index in [1.165, 1.54) is 49.1 Å². The first-order valence-corrected chi connectivity index (χ1v) is 9.77. The molecule has 2 atom stereocenters. The smallest absolute Gasteiger partial charge is 0.264 e. The first-order valence-electron chi connectivity index (χ1n) is 7.04. The fourth-order valence-electron chi connectivity index (χ4n) is 2.52. The quantitative estimate of drug-likeness (QED) is 0.644. The third kappa shape index (κ3) is 4.41. The normalized spacial score (nSPS) is 17.2. The second kappa shape index (κ2) is 6.98. The van der Waals surface area contributed by atoms with Crippen molar-refractivity contribution < 1.29 is 34.3 Å². The van der Waals surface area contributed by atoms with Crippen LogP contribution in [-0.4, -0.2) is 35.9 Å². The van der Waals surface area contributed by atoms with Crippen LogP contribution in [0.5, 0.6) is 0 Å². The highest BCUT2D eigenvalue weighted by molar-refractivity contribution is 7.81. The summed E-state index contributed by atoms with van der Waals surface area (Å²) in [6, 6.07) is 5.66. The van der Waals surface area contributed by atoms with Crippen molar-refractivity contribution in [2.75, 3.05) is 0 Å². The molecule has 0 aromatic carbocycles. The molecular formula is C14H16N2O8S2. The van der Waals surface area contributed by atoms with E-state index in [0.717, 1.165) is 13.8 Å². The lowest BCUT2D eigenvalue weighted by Gasteiger charge is -2.43. The molecule has 0 radical (unpaired) electrons. The van der Waals surface area contributed by atoms with E-state index in [4.69, 9.17) is 8.37 Å². The first-order chi connectivity index (χ1) is 11.9. The van der Waals surface area contributed by atoms with Crippen LogP contribution in [0.15, 0.2) is 49.1 Å². The highest BCUT2D eigenvalue weighted by Gasteiger charge is 2.55. The van der Waals surface area contributed by atoms with E-state index in [-0.39, 0.29) is 11.1 Å². The third-order valence-electron chi connectivity index (χ3n) is 3.88. The fourth-order valence-corrected chi connectivity index (χ4v) is 3.87. The Hall–Kier alpha value is -1.96. The van der Waals surface area contributed by atoms with Gasteiger partial charge in [-0.2, -0.15) is 16.8 Å². The summed E-state index contributed by atoms with van der Waals surface area (Å²) in [5, 5.41) is 0. The maximum absolute atomic E-state index is 11.5.